The molecule has 0 radical (unpaired) electrons. The molecule has 1 aromatic heterocycles. The number of thioether (sulfide) groups is 1. The molecule has 1 heterocycles. The number of nitrogens with zero attached hydrogens (tertiary/aromatic N) is 3. The Labute approximate surface area is 74.5 Å². The quantitative estimate of drug-likeness (QED) is 0.639. The zero-order valence-electron chi connectivity index (χ0n) is 7.03. The van der Waals surface area contributed by atoms with Gasteiger partial charge in [0.2, 0.25) is 11.6 Å². The van der Waals surface area contributed by atoms with Crippen LogP contribution in [0.3, 0.4) is 0 Å². The standard InChI is InChI=1S/C6H11N5S/c1-3-11-5(8)9-4(7)10-6(11)12-2/h3H2,1-2H3,(H3,7,8,9). The lowest BCUT2D eigenvalue weighted by Crippen LogP contribution is -2.26. The number of nitrogens with one attached hydrogen (secondary N) is 1. The highest BCUT2D eigenvalue weighted by atomic mass is 32.2. The summed E-state index contributed by atoms with van der Waals surface area (Å²) in [5.41, 5.74) is 5.55. The van der Waals surface area contributed by atoms with E-state index >= 15 is 0 Å². The first-order valence-electron chi connectivity index (χ1n) is 3.52. The van der Waals surface area contributed by atoms with E-state index in [2.05, 4.69) is 9.97 Å². The number of aromatic nitrogens is 3. The van der Waals surface area contributed by atoms with Gasteiger partial charge in [-0.25, -0.2) is 0 Å². The third-order valence-corrected chi connectivity index (χ3v) is 2.09. The molecule has 6 heteroatoms. The maximum atomic E-state index is 7.47. The van der Waals surface area contributed by atoms with Crippen LogP contribution in [0.2, 0.25) is 0 Å². The van der Waals surface area contributed by atoms with E-state index in [1.165, 1.54) is 11.8 Å². The molecule has 0 aliphatic carbocycles. The van der Waals surface area contributed by atoms with Crippen LogP contribution in [0.5, 0.6) is 0 Å². The van der Waals surface area contributed by atoms with Gasteiger partial charge >= 0.3 is 0 Å². The molecule has 3 N–H and O–H groups in total. The summed E-state index contributed by atoms with van der Waals surface area (Å²) in [6, 6.07) is 0. The number of anilines is 1. The molecule has 12 heavy (non-hydrogen) atoms. The van der Waals surface area contributed by atoms with Crippen molar-refractivity contribution in [3.05, 3.63) is 5.62 Å². The molecule has 0 amide bonds. The first kappa shape index (κ1) is 9.05. The molecule has 0 saturated heterocycles. The number of rotatable bonds is 2. The van der Waals surface area contributed by atoms with E-state index in [-0.39, 0.29) is 11.6 Å². The summed E-state index contributed by atoms with van der Waals surface area (Å²) in [6.07, 6.45) is 1.90. The molecular formula is C6H11N5S. The van der Waals surface area contributed by atoms with Crippen molar-refractivity contribution < 1.29 is 0 Å². The number of hydrogen-bond acceptors (Lipinski definition) is 5. The minimum absolute atomic E-state index is 0.161. The molecule has 0 fully saturated rings. The van der Waals surface area contributed by atoms with Crippen molar-refractivity contribution in [1.29, 1.82) is 5.41 Å². The van der Waals surface area contributed by atoms with Crippen molar-refractivity contribution >= 4 is 17.7 Å². The Bertz CT molecular complexity index is 331. The Kier molecular flexibility index (Phi) is 2.69. The summed E-state index contributed by atoms with van der Waals surface area (Å²) in [6.45, 7) is 2.63. The van der Waals surface area contributed by atoms with Crippen LogP contribution in [0.15, 0.2) is 5.16 Å². The second-order valence-electron chi connectivity index (χ2n) is 2.14. The summed E-state index contributed by atoms with van der Waals surface area (Å²) in [4.78, 5) is 7.73. The highest BCUT2D eigenvalue weighted by molar-refractivity contribution is 7.98. The smallest absolute Gasteiger partial charge is 0.227 e. The lowest BCUT2D eigenvalue weighted by Gasteiger charge is -2.07. The van der Waals surface area contributed by atoms with Crippen LogP contribution in [-0.2, 0) is 6.54 Å². The topological polar surface area (TPSA) is 80.6 Å². The molecule has 0 atom stereocenters. The Morgan fingerprint density at radius 3 is 2.75 bits per heavy atom. The summed E-state index contributed by atoms with van der Waals surface area (Å²) >= 11 is 1.46. The molecule has 0 aromatic carbocycles. The average Bonchev–Trinajstić information content (AvgIpc) is 2.03. The van der Waals surface area contributed by atoms with Crippen molar-refractivity contribution in [3.8, 4) is 0 Å². The predicted octanol–water partition coefficient (Wildman–Crippen LogP) is 0.0816. The van der Waals surface area contributed by atoms with Crippen LogP contribution in [0.25, 0.3) is 0 Å². The van der Waals surface area contributed by atoms with E-state index in [9.17, 15) is 0 Å². The van der Waals surface area contributed by atoms with Gasteiger partial charge in [0.25, 0.3) is 0 Å². The maximum Gasteiger partial charge on any atom is 0.227 e. The molecule has 1 aromatic rings. The predicted molar refractivity (Wildman–Crippen MR) is 47.7 cm³/mol. The number of nitrogen functional groups attached to an aromatic ring is 1. The molecule has 0 saturated carbocycles. The number of nitrogens with two attached hydrogens (primary N) is 1. The molecule has 0 spiro atoms. The molecule has 0 aliphatic heterocycles. The summed E-state index contributed by atoms with van der Waals surface area (Å²) < 4.78 is 1.70. The molecule has 0 aliphatic rings. The summed E-state index contributed by atoms with van der Waals surface area (Å²) in [5, 5.41) is 8.21. The molecule has 0 bridgehead atoms. The van der Waals surface area contributed by atoms with Gasteiger partial charge in [-0.2, -0.15) is 9.97 Å². The highest BCUT2D eigenvalue weighted by Gasteiger charge is 2.02. The lowest BCUT2D eigenvalue weighted by molar-refractivity contribution is 0.578. The van der Waals surface area contributed by atoms with E-state index in [1.807, 2.05) is 13.2 Å². The van der Waals surface area contributed by atoms with Gasteiger partial charge < -0.3 is 5.73 Å². The van der Waals surface area contributed by atoms with Crippen LogP contribution in [-0.4, -0.2) is 20.8 Å². The number of hydrogen-bond donors (Lipinski definition) is 2. The second kappa shape index (κ2) is 3.57. The van der Waals surface area contributed by atoms with Crippen molar-refractivity contribution in [2.24, 2.45) is 0 Å². The van der Waals surface area contributed by atoms with Gasteiger partial charge in [-0.15, -0.1) is 0 Å². The van der Waals surface area contributed by atoms with Gasteiger partial charge in [0.15, 0.2) is 5.16 Å². The van der Waals surface area contributed by atoms with Crippen LogP contribution < -0.4 is 11.4 Å². The molecule has 5 nitrogen and oxygen atoms in total. The third kappa shape index (κ3) is 1.58. The van der Waals surface area contributed by atoms with Gasteiger partial charge in [0.05, 0.1) is 0 Å². The lowest BCUT2D eigenvalue weighted by atomic mass is 10.7. The van der Waals surface area contributed by atoms with Gasteiger partial charge in [0, 0.05) is 6.54 Å². The van der Waals surface area contributed by atoms with Crippen LogP contribution in [0.1, 0.15) is 6.92 Å². The van der Waals surface area contributed by atoms with Gasteiger partial charge in [-0.3, -0.25) is 9.98 Å². The zero-order valence-corrected chi connectivity index (χ0v) is 7.85. The molecule has 66 valence electrons. The van der Waals surface area contributed by atoms with Crippen molar-refractivity contribution in [1.82, 2.24) is 14.5 Å². The Hall–Kier alpha value is -1.04. The summed E-state index contributed by atoms with van der Waals surface area (Å²) in [7, 11) is 0. The zero-order chi connectivity index (χ0) is 9.14. The molecular weight excluding hydrogens is 174 g/mol. The third-order valence-electron chi connectivity index (χ3n) is 1.42. The van der Waals surface area contributed by atoms with E-state index in [4.69, 9.17) is 11.1 Å². The fraction of sp³-hybridized carbons (Fsp3) is 0.500. The van der Waals surface area contributed by atoms with Gasteiger partial charge in [0.1, 0.15) is 0 Å². The van der Waals surface area contributed by atoms with E-state index in [0.29, 0.717) is 6.54 Å². The van der Waals surface area contributed by atoms with Crippen LogP contribution >= 0.6 is 11.8 Å². The SMILES string of the molecule is CCn1c(SC)nc(N)nc1=N. The van der Waals surface area contributed by atoms with Crippen LogP contribution in [0, 0.1) is 5.41 Å². The van der Waals surface area contributed by atoms with Crippen molar-refractivity contribution in [2.75, 3.05) is 12.0 Å². The van der Waals surface area contributed by atoms with E-state index in [1.54, 1.807) is 4.57 Å². The minimum atomic E-state index is 0.161. The first-order chi connectivity index (χ1) is 5.69. The Morgan fingerprint density at radius 2 is 2.25 bits per heavy atom. The Balaban J connectivity index is 3.34. The fourth-order valence-electron chi connectivity index (χ4n) is 0.884. The normalized spacial score (nSPS) is 10.2. The second-order valence-corrected chi connectivity index (χ2v) is 2.91. The highest BCUT2D eigenvalue weighted by Crippen LogP contribution is 2.08. The fourth-order valence-corrected chi connectivity index (χ4v) is 1.50. The van der Waals surface area contributed by atoms with E-state index < -0.39 is 0 Å². The van der Waals surface area contributed by atoms with Crippen LogP contribution in [0.4, 0.5) is 5.95 Å². The van der Waals surface area contributed by atoms with Gasteiger partial charge in [-0.05, 0) is 13.2 Å². The monoisotopic (exact) mass is 185 g/mol. The van der Waals surface area contributed by atoms with Crippen molar-refractivity contribution in [3.63, 3.8) is 0 Å². The summed E-state index contributed by atoms with van der Waals surface area (Å²) in [5.74, 6) is 0.161. The molecule has 0 unspecified atom stereocenters. The largest absolute Gasteiger partial charge is 0.368 e. The first-order valence-corrected chi connectivity index (χ1v) is 4.74. The molecule has 1 rings (SSSR count). The van der Waals surface area contributed by atoms with Gasteiger partial charge in [-0.1, -0.05) is 11.8 Å². The average molecular weight is 185 g/mol. The van der Waals surface area contributed by atoms with Crippen molar-refractivity contribution in [2.45, 2.75) is 18.6 Å². The maximum absolute atomic E-state index is 7.47. The minimum Gasteiger partial charge on any atom is -0.368 e. The Morgan fingerprint density at radius 1 is 1.58 bits per heavy atom. The van der Waals surface area contributed by atoms with E-state index in [0.717, 1.165) is 5.16 Å².